The Bertz CT molecular complexity index is 1060. The van der Waals surface area contributed by atoms with Crippen LogP contribution >= 0.6 is 0 Å². The summed E-state index contributed by atoms with van der Waals surface area (Å²) in [4.78, 5) is 26.4. The summed E-state index contributed by atoms with van der Waals surface area (Å²) in [5, 5.41) is 2.61. The van der Waals surface area contributed by atoms with Crippen LogP contribution in [0.2, 0.25) is 0 Å². The number of carbonyl (C=O) groups is 2. The summed E-state index contributed by atoms with van der Waals surface area (Å²) < 4.78 is 52.3. The Morgan fingerprint density at radius 2 is 1.79 bits per heavy atom. The number of nitrogens with zero attached hydrogens (tertiary/aromatic N) is 1. The van der Waals surface area contributed by atoms with Crippen LogP contribution in [-0.4, -0.2) is 38.1 Å². The van der Waals surface area contributed by atoms with E-state index in [1.54, 1.807) is 6.07 Å². The van der Waals surface area contributed by atoms with Crippen molar-refractivity contribution in [3.63, 3.8) is 0 Å². The van der Waals surface area contributed by atoms with E-state index in [9.17, 15) is 26.8 Å². The lowest BCUT2D eigenvalue weighted by Gasteiger charge is -2.22. The minimum absolute atomic E-state index is 0.0799. The summed E-state index contributed by atoms with van der Waals surface area (Å²) >= 11 is 0. The van der Waals surface area contributed by atoms with Gasteiger partial charge in [0, 0.05) is 6.26 Å². The van der Waals surface area contributed by atoms with Crippen molar-refractivity contribution < 1.29 is 31.5 Å². The van der Waals surface area contributed by atoms with Crippen LogP contribution < -0.4 is 10.1 Å². The van der Waals surface area contributed by atoms with Crippen molar-refractivity contribution in [2.75, 3.05) is 6.26 Å². The number of imide groups is 1. The van der Waals surface area contributed by atoms with Crippen molar-refractivity contribution in [1.82, 2.24) is 10.2 Å². The van der Waals surface area contributed by atoms with Crippen LogP contribution in [0.1, 0.15) is 18.1 Å². The summed E-state index contributed by atoms with van der Waals surface area (Å²) in [5.41, 5.74) is -0.534. The van der Waals surface area contributed by atoms with E-state index < -0.39 is 33.9 Å². The van der Waals surface area contributed by atoms with Crippen LogP contribution in [0, 0.1) is 0 Å². The molecular formula is C19H18F2N2O5S. The molecule has 2 aromatic carbocycles. The lowest BCUT2D eigenvalue weighted by molar-refractivity contribution is -0.131. The Hall–Kier alpha value is -3.01. The predicted octanol–water partition coefficient (Wildman–Crippen LogP) is 2.66. The first-order valence-electron chi connectivity index (χ1n) is 8.49. The standard InChI is InChI=1S/C19H18F2N2O5S/c1-19(13-6-8-15(9-7-13)29(2,26)27)16(24)23(18(25)22-19)11-12-4-3-5-14(10-12)28-17(20)21/h3-10,17H,11H2,1-2H3,(H,22,25). The van der Waals surface area contributed by atoms with E-state index >= 15 is 0 Å². The molecule has 1 N–H and O–H groups in total. The fourth-order valence-corrected chi connectivity index (χ4v) is 3.70. The lowest BCUT2D eigenvalue weighted by atomic mass is 9.92. The van der Waals surface area contributed by atoms with Gasteiger partial charge >= 0.3 is 12.6 Å². The van der Waals surface area contributed by atoms with Crippen LogP contribution in [0.15, 0.2) is 53.4 Å². The molecule has 7 nitrogen and oxygen atoms in total. The van der Waals surface area contributed by atoms with Gasteiger partial charge in [-0.05, 0) is 42.3 Å². The topological polar surface area (TPSA) is 92.8 Å². The highest BCUT2D eigenvalue weighted by Gasteiger charge is 2.48. The number of hydrogen-bond donors (Lipinski definition) is 1. The largest absolute Gasteiger partial charge is 0.435 e. The molecule has 1 saturated heterocycles. The van der Waals surface area contributed by atoms with Crippen molar-refractivity contribution in [2.24, 2.45) is 0 Å². The molecule has 1 aliphatic rings. The molecule has 0 saturated carbocycles. The Labute approximate surface area is 166 Å². The van der Waals surface area contributed by atoms with Crippen LogP contribution in [0.4, 0.5) is 13.6 Å². The van der Waals surface area contributed by atoms with Crippen molar-refractivity contribution in [3.05, 3.63) is 59.7 Å². The first-order chi connectivity index (χ1) is 13.5. The second-order valence-corrected chi connectivity index (χ2v) is 8.78. The van der Waals surface area contributed by atoms with E-state index in [0.717, 1.165) is 11.2 Å². The van der Waals surface area contributed by atoms with Crippen molar-refractivity contribution in [1.29, 1.82) is 0 Å². The molecule has 1 atom stereocenters. The van der Waals surface area contributed by atoms with E-state index in [0.29, 0.717) is 11.1 Å². The van der Waals surface area contributed by atoms with Gasteiger partial charge in [-0.2, -0.15) is 8.78 Å². The molecule has 29 heavy (non-hydrogen) atoms. The molecule has 154 valence electrons. The van der Waals surface area contributed by atoms with Gasteiger partial charge < -0.3 is 10.1 Å². The molecular weight excluding hydrogens is 406 g/mol. The summed E-state index contributed by atoms with van der Waals surface area (Å²) in [6, 6.07) is 10.7. The number of halogens is 2. The third kappa shape index (κ3) is 4.21. The van der Waals surface area contributed by atoms with E-state index in [4.69, 9.17) is 0 Å². The zero-order valence-electron chi connectivity index (χ0n) is 15.6. The maximum absolute atomic E-state index is 13.0. The average molecular weight is 424 g/mol. The molecule has 0 radical (unpaired) electrons. The molecule has 1 unspecified atom stereocenters. The molecule has 1 heterocycles. The summed E-state index contributed by atoms with van der Waals surface area (Å²) in [6.07, 6.45) is 1.07. The molecule has 0 bridgehead atoms. The Kier molecular flexibility index (Phi) is 5.31. The number of amides is 3. The number of alkyl halides is 2. The SMILES string of the molecule is CC1(c2ccc(S(C)(=O)=O)cc2)NC(=O)N(Cc2cccc(OC(F)F)c2)C1=O. The van der Waals surface area contributed by atoms with Gasteiger partial charge in [0.1, 0.15) is 11.3 Å². The van der Waals surface area contributed by atoms with Crippen molar-refractivity contribution in [3.8, 4) is 5.75 Å². The predicted molar refractivity (Wildman–Crippen MR) is 99.1 cm³/mol. The van der Waals surface area contributed by atoms with E-state index in [1.165, 1.54) is 49.4 Å². The summed E-state index contributed by atoms with van der Waals surface area (Å²) in [7, 11) is -3.40. The molecule has 10 heteroatoms. The van der Waals surface area contributed by atoms with E-state index in [1.807, 2.05) is 0 Å². The van der Waals surface area contributed by atoms with Gasteiger partial charge in [0.2, 0.25) is 0 Å². The van der Waals surface area contributed by atoms with Crippen LogP contribution in [0.3, 0.4) is 0 Å². The number of benzene rings is 2. The third-order valence-corrected chi connectivity index (χ3v) is 5.73. The monoisotopic (exact) mass is 424 g/mol. The molecule has 3 amide bonds. The molecule has 1 fully saturated rings. The first-order valence-corrected chi connectivity index (χ1v) is 10.4. The number of hydrogen-bond acceptors (Lipinski definition) is 5. The Morgan fingerprint density at radius 1 is 1.14 bits per heavy atom. The average Bonchev–Trinajstić information content (AvgIpc) is 2.85. The van der Waals surface area contributed by atoms with Crippen molar-refractivity contribution >= 4 is 21.8 Å². The number of urea groups is 1. The third-order valence-electron chi connectivity index (χ3n) is 4.60. The second kappa shape index (κ2) is 7.43. The normalized spacial score (nSPS) is 19.6. The van der Waals surface area contributed by atoms with E-state index in [-0.39, 0.29) is 17.2 Å². The Morgan fingerprint density at radius 3 is 2.38 bits per heavy atom. The van der Waals surface area contributed by atoms with Crippen molar-refractivity contribution in [2.45, 2.75) is 30.5 Å². The fraction of sp³-hybridized carbons (Fsp3) is 0.263. The maximum atomic E-state index is 13.0. The van der Waals surface area contributed by atoms with Gasteiger partial charge in [0.15, 0.2) is 9.84 Å². The van der Waals surface area contributed by atoms with Gasteiger partial charge in [-0.25, -0.2) is 13.2 Å². The lowest BCUT2D eigenvalue weighted by Crippen LogP contribution is -2.40. The second-order valence-electron chi connectivity index (χ2n) is 6.77. The fourth-order valence-electron chi connectivity index (χ4n) is 3.07. The minimum atomic E-state index is -3.40. The van der Waals surface area contributed by atoms with Crippen LogP contribution in [0.25, 0.3) is 0 Å². The summed E-state index contributed by atoms with van der Waals surface area (Å²) in [6.45, 7) is -1.61. The number of nitrogens with one attached hydrogen (secondary N) is 1. The summed E-state index contributed by atoms with van der Waals surface area (Å²) in [5.74, 6) is -0.626. The minimum Gasteiger partial charge on any atom is -0.435 e. The number of sulfone groups is 1. The molecule has 0 spiro atoms. The van der Waals surface area contributed by atoms with Gasteiger partial charge in [-0.15, -0.1) is 0 Å². The highest BCUT2D eigenvalue weighted by Crippen LogP contribution is 2.31. The van der Waals surface area contributed by atoms with Gasteiger partial charge in [-0.3, -0.25) is 9.69 Å². The molecule has 1 aliphatic heterocycles. The van der Waals surface area contributed by atoms with Gasteiger partial charge in [-0.1, -0.05) is 24.3 Å². The molecule has 2 aromatic rings. The van der Waals surface area contributed by atoms with Gasteiger partial charge in [0.05, 0.1) is 11.4 Å². The smallest absolute Gasteiger partial charge is 0.387 e. The molecule has 0 aliphatic carbocycles. The number of carbonyl (C=O) groups excluding carboxylic acids is 2. The highest BCUT2D eigenvalue weighted by atomic mass is 32.2. The zero-order chi connectivity index (χ0) is 21.4. The Balaban J connectivity index is 1.84. The van der Waals surface area contributed by atoms with E-state index in [2.05, 4.69) is 10.1 Å². The number of ether oxygens (including phenoxy) is 1. The molecule has 0 aromatic heterocycles. The zero-order valence-corrected chi connectivity index (χ0v) is 16.4. The highest BCUT2D eigenvalue weighted by molar-refractivity contribution is 7.90. The van der Waals surface area contributed by atoms with Gasteiger partial charge in [0.25, 0.3) is 5.91 Å². The first kappa shape index (κ1) is 20.7. The number of rotatable bonds is 6. The maximum Gasteiger partial charge on any atom is 0.387 e. The quantitative estimate of drug-likeness (QED) is 0.720. The molecule has 3 rings (SSSR count). The van der Waals surface area contributed by atoms with Crippen LogP contribution in [-0.2, 0) is 26.7 Å². The van der Waals surface area contributed by atoms with Crippen LogP contribution in [0.5, 0.6) is 5.75 Å².